The van der Waals surface area contributed by atoms with Crippen molar-refractivity contribution in [3.8, 4) is 5.75 Å². The molecule has 1 aromatic carbocycles. The molecule has 0 unspecified atom stereocenters. The fourth-order valence-electron chi connectivity index (χ4n) is 3.05. The van der Waals surface area contributed by atoms with Gasteiger partial charge < -0.3 is 9.30 Å². The fourth-order valence-corrected chi connectivity index (χ4v) is 3.93. The number of rotatable bonds is 3. The van der Waals surface area contributed by atoms with Crippen LogP contribution in [0.5, 0.6) is 5.75 Å². The molecule has 0 amide bonds. The van der Waals surface area contributed by atoms with E-state index in [-0.39, 0.29) is 5.56 Å². The second-order valence-corrected chi connectivity index (χ2v) is 7.97. The minimum Gasteiger partial charge on any atom is -0.486 e. The second-order valence-electron chi connectivity index (χ2n) is 6.39. The van der Waals surface area contributed by atoms with Gasteiger partial charge in [-0.1, -0.05) is 12.1 Å². The van der Waals surface area contributed by atoms with E-state index >= 15 is 0 Å². The summed E-state index contributed by atoms with van der Waals surface area (Å²) in [6.07, 6.45) is 0.770. The van der Waals surface area contributed by atoms with Gasteiger partial charge in [-0.25, -0.2) is 0 Å². The van der Waals surface area contributed by atoms with Crippen LogP contribution in [0.15, 0.2) is 29.1 Å². The topological polar surface area (TPSA) is 74.6 Å². The summed E-state index contributed by atoms with van der Waals surface area (Å²) in [5, 5.41) is 0.835. The standard InChI is InChI=1S/C16H19NO5S/c1-16(2,22-23(4,19)20)13-9-11-14(21-13)10-7-5-6-8-12(10)17(3)15(11)18/h5-8,13H,9H2,1-4H3/t13-/m0/s1. The van der Waals surface area contributed by atoms with Crippen LogP contribution in [0.2, 0.25) is 0 Å². The molecule has 0 aliphatic carbocycles. The Morgan fingerprint density at radius 1 is 1.30 bits per heavy atom. The Balaban J connectivity index is 2.10. The lowest BCUT2D eigenvalue weighted by Gasteiger charge is -2.29. The highest BCUT2D eigenvalue weighted by Gasteiger charge is 2.42. The van der Waals surface area contributed by atoms with Crippen molar-refractivity contribution < 1.29 is 17.3 Å². The number of hydrogen-bond acceptors (Lipinski definition) is 5. The number of pyridine rings is 1. The predicted octanol–water partition coefficient (Wildman–Crippen LogP) is 1.60. The first-order valence-electron chi connectivity index (χ1n) is 7.28. The van der Waals surface area contributed by atoms with E-state index in [1.807, 2.05) is 24.3 Å². The Bertz CT molecular complexity index is 943. The smallest absolute Gasteiger partial charge is 0.265 e. The average Bonchev–Trinajstić information content (AvgIpc) is 2.88. The zero-order chi connectivity index (χ0) is 17.0. The number of benzene rings is 1. The van der Waals surface area contributed by atoms with Crippen molar-refractivity contribution in [1.82, 2.24) is 4.57 Å². The van der Waals surface area contributed by atoms with Crippen molar-refractivity contribution in [2.45, 2.75) is 32.0 Å². The highest BCUT2D eigenvalue weighted by Crippen LogP contribution is 2.38. The summed E-state index contributed by atoms with van der Waals surface area (Å²) in [4.78, 5) is 12.6. The number of para-hydroxylation sites is 1. The van der Waals surface area contributed by atoms with Gasteiger partial charge >= 0.3 is 0 Å². The first-order chi connectivity index (χ1) is 10.6. The first kappa shape index (κ1) is 16.0. The highest BCUT2D eigenvalue weighted by atomic mass is 32.2. The maximum absolute atomic E-state index is 12.6. The summed E-state index contributed by atoms with van der Waals surface area (Å²) in [5.74, 6) is 0.527. The summed E-state index contributed by atoms with van der Waals surface area (Å²) in [5.41, 5.74) is 0.134. The molecule has 3 rings (SSSR count). The zero-order valence-corrected chi connectivity index (χ0v) is 14.3. The maximum Gasteiger partial charge on any atom is 0.265 e. The van der Waals surface area contributed by atoms with Gasteiger partial charge in [0.05, 0.1) is 17.3 Å². The minimum absolute atomic E-state index is 0.128. The van der Waals surface area contributed by atoms with Gasteiger partial charge in [0, 0.05) is 18.9 Å². The maximum atomic E-state index is 12.6. The number of fused-ring (bicyclic) bond motifs is 3. The van der Waals surface area contributed by atoms with Gasteiger partial charge in [0.2, 0.25) is 0 Å². The summed E-state index contributed by atoms with van der Waals surface area (Å²) in [6, 6.07) is 7.48. The van der Waals surface area contributed by atoms with Crippen molar-refractivity contribution in [3.05, 3.63) is 40.2 Å². The zero-order valence-electron chi connectivity index (χ0n) is 13.5. The molecule has 7 heteroatoms. The van der Waals surface area contributed by atoms with Crippen molar-refractivity contribution >= 4 is 21.0 Å². The van der Waals surface area contributed by atoms with E-state index in [0.717, 1.165) is 17.2 Å². The van der Waals surface area contributed by atoms with Gasteiger partial charge in [-0.15, -0.1) is 0 Å². The Hall–Kier alpha value is -1.86. The number of nitrogens with zero attached hydrogens (tertiary/aromatic N) is 1. The lowest BCUT2D eigenvalue weighted by atomic mass is 9.97. The highest BCUT2D eigenvalue weighted by molar-refractivity contribution is 7.86. The van der Waals surface area contributed by atoms with Crippen molar-refractivity contribution in [1.29, 1.82) is 0 Å². The molecule has 0 saturated carbocycles. The average molecular weight is 337 g/mol. The van der Waals surface area contributed by atoms with Crippen LogP contribution in [0, 0.1) is 0 Å². The van der Waals surface area contributed by atoms with Gasteiger partial charge in [-0.3, -0.25) is 8.98 Å². The molecule has 1 atom stereocenters. The normalized spacial score (nSPS) is 18.0. The predicted molar refractivity (Wildman–Crippen MR) is 87.3 cm³/mol. The van der Waals surface area contributed by atoms with Gasteiger partial charge in [-0.05, 0) is 26.0 Å². The van der Waals surface area contributed by atoms with Crippen molar-refractivity contribution in [3.63, 3.8) is 0 Å². The molecule has 23 heavy (non-hydrogen) atoms. The molecule has 0 fully saturated rings. The van der Waals surface area contributed by atoms with Crippen molar-refractivity contribution in [2.24, 2.45) is 7.05 Å². The van der Waals surface area contributed by atoms with Gasteiger partial charge in [0.1, 0.15) is 17.5 Å². The van der Waals surface area contributed by atoms with Crippen molar-refractivity contribution in [2.75, 3.05) is 6.26 Å². The molecule has 2 heterocycles. The third-order valence-electron chi connectivity index (χ3n) is 4.14. The Labute approximate surface area is 134 Å². The summed E-state index contributed by atoms with van der Waals surface area (Å²) in [7, 11) is -1.91. The minimum atomic E-state index is -3.63. The van der Waals surface area contributed by atoms with Crippen LogP contribution in [-0.4, -0.2) is 30.9 Å². The largest absolute Gasteiger partial charge is 0.486 e. The molecule has 0 saturated heterocycles. The summed E-state index contributed by atoms with van der Waals surface area (Å²) in [6.45, 7) is 3.30. The van der Waals surface area contributed by atoms with Gasteiger partial charge in [0.15, 0.2) is 0 Å². The van der Waals surface area contributed by atoms with Crippen LogP contribution in [0.1, 0.15) is 19.4 Å². The van der Waals surface area contributed by atoms with E-state index in [1.54, 1.807) is 25.5 Å². The quantitative estimate of drug-likeness (QED) is 0.795. The Kier molecular flexibility index (Phi) is 3.53. The van der Waals surface area contributed by atoms with E-state index in [9.17, 15) is 13.2 Å². The molecule has 0 N–H and O–H groups in total. The number of hydrogen-bond donors (Lipinski definition) is 0. The molecule has 1 aliphatic heterocycles. The Morgan fingerprint density at radius 2 is 1.96 bits per heavy atom. The van der Waals surface area contributed by atoms with Crippen LogP contribution in [0.4, 0.5) is 0 Å². The molecule has 1 aliphatic rings. The first-order valence-corrected chi connectivity index (χ1v) is 9.10. The lowest BCUT2D eigenvalue weighted by Crippen LogP contribution is -2.43. The molecular formula is C16H19NO5S. The monoisotopic (exact) mass is 337 g/mol. The van der Waals surface area contributed by atoms with E-state index in [2.05, 4.69) is 0 Å². The van der Waals surface area contributed by atoms with Gasteiger partial charge in [-0.2, -0.15) is 8.42 Å². The summed E-state index contributed by atoms with van der Waals surface area (Å²) >= 11 is 0. The third kappa shape index (κ3) is 2.74. The van der Waals surface area contributed by atoms with E-state index < -0.39 is 21.8 Å². The van der Waals surface area contributed by atoms with E-state index in [4.69, 9.17) is 8.92 Å². The molecule has 124 valence electrons. The van der Waals surface area contributed by atoms with Crippen LogP contribution < -0.4 is 10.3 Å². The molecule has 0 spiro atoms. The fraction of sp³-hybridized carbons (Fsp3) is 0.438. The molecular weight excluding hydrogens is 318 g/mol. The van der Waals surface area contributed by atoms with Crippen LogP contribution in [0.3, 0.4) is 0 Å². The lowest BCUT2D eigenvalue weighted by molar-refractivity contribution is 0.00455. The number of aryl methyl sites for hydroxylation is 1. The molecule has 6 nitrogen and oxygen atoms in total. The number of aromatic nitrogens is 1. The number of ether oxygens (including phenoxy) is 1. The van der Waals surface area contributed by atoms with E-state index in [0.29, 0.717) is 17.7 Å². The molecule has 0 bridgehead atoms. The summed E-state index contributed by atoms with van der Waals surface area (Å²) < 4.78 is 35.6. The van der Waals surface area contributed by atoms with E-state index in [1.165, 1.54) is 0 Å². The van der Waals surface area contributed by atoms with Crippen LogP contribution in [-0.2, 0) is 27.8 Å². The molecule has 0 radical (unpaired) electrons. The Morgan fingerprint density at radius 3 is 2.61 bits per heavy atom. The third-order valence-corrected chi connectivity index (χ3v) is 4.87. The molecule has 2 aromatic rings. The van der Waals surface area contributed by atoms with Crippen LogP contribution in [0.25, 0.3) is 10.9 Å². The SMILES string of the molecule is Cn1c(=O)c2c(c3ccccc31)O[C@H](C(C)(C)OS(C)(=O)=O)C2. The van der Waals surface area contributed by atoms with Crippen LogP contribution >= 0.6 is 0 Å². The van der Waals surface area contributed by atoms with Gasteiger partial charge in [0.25, 0.3) is 15.7 Å². The molecule has 1 aromatic heterocycles. The second kappa shape index (κ2) is 5.07.